The lowest BCUT2D eigenvalue weighted by Crippen LogP contribution is -2.15. The van der Waals surface area contributed by atoms with Crippen molar-refractivity contribution in [2.75, 3.05) is 32.6 Å². The molecule has 0 saturated heterocycles. The molecule has 0 aliphatic carbocycles. The van der Waals surface area contributed by atoms with Gasteiger partial charge in [-0.05, 0) is 38.2 Å². The average molecular weight is 303 g/mol. The van der Waals surface area contributed by atoms with Crippen LogP contribution in [0.25, 0.3) is 0 Å². The van der Waals surface area contributed by atoms with Gasteiger partial charge in [-0.25, -0.2) is 4.79 Å². The summed E-state index contributed by atoms with van der Waals surface area (Å²) in [5.74, 6) is 4.95. The van der Waals surface area contributed by atoms with E-state index in [4.69, 9.17) is 10.5 Å². The molecule has 0 saturated carbocycles. The van der Waals surface area contributed by atoms with Crippen LogP contribution in [0.3, 0.4) is 0 Å². The maximum Gasteiger partial charge on any atom is 0.339 e. The number of ether oxygens (including phenoxy) is 1. The first-order valence-electron chi connectivity index (χ1n) is 6.98. The number of methoxy groups -OCH3 is 1. The van der Waals surface area contributed by atoms with E-state index in [1.807, 2.05) is 7.05 Å². The molecule has 118 valence electrons. The predicted molar refractivity (Wildman–Crippen MR) is 85.5 cm³/mol. The summed E-state index contributed by atoms with van der Waals surface area (Å²) in [6.45, 7) is 0.961. The van der Waals surface area contributed by atoms with E-state index in [1.54, 1.807) is 18.2 Å². The van der Waals surface area contributed by atoms with Gasteiger partial charge in [-0.2, -0.15) is 0 Å². The number of esters is 1. The summed E-state index contributed by atoms with van der Waals surface area (Å²) in [7, 11) is 3.14. The van der Waals surface area contributed by atoms with Crippen molar-refractivity contribution in [3.63, 3.8) is 0 Å². The number of nitrogens with two attached hydrogens (primary N) is 1. The molecule has 0 spiro atoms. The molecule has 0 fully saturated rings. The van der Waals surface area contributed by atoms with E-state index in [0.29, 0.717) is 23.2 Å². The summed E-state index contributed by atoms with van der Waals surface area (Å²) in [4.78, 5) is 23.5. The smallest absolute Gasteiger partial charge is 0.339 e. The minimum atomic E-state index is -0.479. The molecule has 1 aromatic rings. The van der Waals surface area contributed by atoms with Crippen LogP contribution in [0.15, 0.2) is 18.2 Å². The van der Waals surface area contributed by atoms with Gasteiger partial charge in [-0.3, -0.25) is 4.79 Å². The fraction of sp³-hybridized carbons (Fsp3) is 0.375. The lowest BCUT2D eigenvalue weighted by molar-refractivity contribution is -0.116. The van der Waals surface area contributed by atoms with E-state index in [-0.39, 0.29) is 12.5 Å². The molecule has 4 N–H and O–H groups in total. The van der Waals surface area contributed by atoms with Crippen molar-refractivity contribution in [1.82, 2.24) is 5.32 Å². The van der Waals surface area contributed by atoms with E-state index < -0.39 is 5.97 Å². The Morgan fingerprint density at radius 3 is 2.77 bits per heavy atom. The van der Waals surface area contributed by atoms with Crippen molar-refractivity contribution in [1.29, 1.82) is 0 Å². The van der Waals surface area contributed by atoms with Crippen molar-refractivity contribution in [2.24, 2.45) is 5.73 Å². The van der Waals surface area contributed by atoms with Gasteiger partial charge in [-0.15, -0.1) is 0 Å². The topological polar surface area (TPSA) is 93.5 Å². The molecule has 0 aliphatic heterocycles. The minimum Gasteiger partial charge on any atom is -0.465 e. The van der Waals surface area contributed by atoms with E-state index in [0.717, 1.165) is 13.0 Å². The quantitative estimate of drug-likeness (QED) is 0.409. The molecule has 0 aliphatic rings. The number of hydrogen-bond donors (Lipinski definition) is 3. The Kier molecular flexibility index (Phi) is 7.68. The molecule has 6 nitrogen and oxygen atoms in total. The summed E-state index contributed by atoms with van der Waals surface area (Å²) in [6, 6.07) is 4.87. The van der Waals surface area contributed by atoms with Gasteiger partial charge in [0.25, 0.3) is 0 Å². The summed E-state index contributed by atoms with van der Waals surface area (Å²) in [5.41, 5.74) is 6.76. The summed E-state index contributed by atoms with van der Waals surface area (Å²) < 4.78 is 4.71. The highest BCUT2D eigenvalue weighted by Crippen LogP contribution is 2.16. The Balaban J connectivity index is 2.89. The van der Waals surface area contributed by atoms with Crippen molar-refractivity contribution in [3.05, 3.63) is 29.3 Å². The molecule has 0 unspecified atom stereocenters. The Morgan fingerprint density at radius 1 is 1.36 bits per heavy atom. The van der Waals surface area contributed by atoms with E-state index in [2.05, 4.69) is 22.5 Å². The Hall–Kier alpha value is -2.36. The molecule has 1 amide bonds. The molecular weight excluding hydrogens is 282 g/mol. The van der Waals surface area contributed by atoms with Gasteiger partial charge in [0.1, 0.15) is 0 Å². The molecule has 0 heterocycles. The van der Waals surface area contributed by atoms with Crippen LogP contribution >= 0.6 is 0 Å². The SMILES string of the molecule is CNCCCC(=O)Nc1ccc(C(=O)OC)c(C#CCN)c1. The number of carbonyl (C=O) groups is 2. The van der Waals surface area contributed by atoms with Crippen LogP contribution in [0.2, 0.25) is 0 Å². The van der Waals surface area contributed by atoms with Gasteiger partial charge in [0, 0.05) is 17.7 Å². The van der Waals surface area contributed by atoms with Gasteiger partial charge >= 0.3 is 5.97 Å². The van der Waals surface area contributed by atoms with Crippen molar-refractivity contribution in [3.8, 4) is 11.8 Å². The first-order valence-corrected chi connectivity index (χ1v) is 6.98. The van der Waals surface area contributed by atoms with E-state index >= 15 is 0 Å². The van der Waals surface area contributed by atoms with Crippen LogP contribution in [0.5, 0.6) is 0 Å². The fourth-order valence-corrected chi connectivity index (χ4v) is 1.81. The molecule has 1 rings (SSSR count). The van der Waals surface area contributed by atoms with Gasteiger partial charge in [0.15, 0.2) is 0 Å². The van der Waals surface area contributed by atoms with Crippen LogP contribution in [-0.4, -0.2) is 39.1 Å². The first-order chi connectivity index (χ1) is 10.6. The highest BCUT2D eigenvalue weighted by molar-refractivity contribution is 5.95. The van der Waals surface area contributed by atoms with Gasteiger partial charge in [0.2, 0.25) is 5.91 Å². The maximum absolute atomic E-state index is 11.8. The molecule has 6 heteroatoms. The Bertz CT molecular complexity index is 588. The van der Waals surface area contributed by atoms with Crippen molar-refractivity contribution in [2.45, 2.75) is 12.8 Å². The zero-order chi connectivity index (χ0) is 16.4. The van der Waals surface area contributed by atoms with Crippen LogP contribution < -0.4 is 16.4 Å². The third kappa shape index (κ3) is 5.56. The number of benzene rings is 1. The molecule has 22 heavy (non-hydrogen) atoms. The minimum absolute atomic E-state index is 0.0844. The standard InChI is InChI=1S/C16H21N3O3/c1-18-10-4-6-15(20)19-13-7-8-14(16(21)22-2)12(11-13)5-3-9-17/h7-8,11,18H,4,6,9-10,17H2,1-2H3,(H,19,20). The summed E-state index contributed by atoms with van der Waals surface area (Å²) in [5, 5.41) is 5.77. The molecule has 1 aromatic carbocycles. The van der Waals surface area contributed by atoms with Crippen molar-refractivity contribution >= 4 is 17.6 Å². The maximum atomic E-state index is 11.8. The molecule has 0 atom stereocenters. The number of carbonyl (C=O) groups excluding carboxylic acids is 2. The van der Waals surface area contributed by atoms with Crippen molar-refractivity contribution < 1.29 is 14.3 Å². The molecule has 0 aromatic heterocycles. The predicted octanol–water partition coefficient (Wildman–Crippen LogP) is 0.721. The lowest BCUT2D eigenvalue weighted by Gasteiger charge is -2.08. The Morgan fingerprint density at radius 2 is 2.14 bits per heavy atom. The summed E-state index contributed by atoms with van der Waals surface area (Å²) >= 11 is 0. The lowest BCUT2D eigenvalue weighted by atomic mass is 10.1. The second kappa shape index (κ2) is 9.55. The Labute approximate surface area is 130 Å². The monoisotopic (exact) mass is 303 g/mol. The first kappa shape index (κ1) is 17.7. The number of hydrogen-bond acceptors (Lipinski definition) is 5. The van der Waals surface area contributed by atoms with E-state index in [1.165, 1.54) is 7.11 Å². The number of nitrogens with one attached hydrogen (secondary N) is 2. The normalized spacial score (nSPS) is 9.59. The molecule has 0 radical (unpaired) electrons. The second-order valence-corrected chi connectivity index (χ2v) is 4.51. The molecule has 0 bridgehead atoms. The highest BCUT2D eigenvalue weighted by atomic mass is 16.5. The van der Waals surface area contributed by atoms with Crippen LogP contribution in [0.4, 0.5) is 5.69 Å². The number of anilines is 1. The molecular formula is C16H21N3O3. The van der Waals surface area contributed by atoms with E-state index in [9.17, 15) is 9.59 Å². The van der Waals surface area contributed by atoms with Gasteiger partial charge < -0.3 is 21.1 Å². The van der Waals surface area contributed by atoms with Crippen LogP contribution in [0.1, 0.15) is 28.8 Å². The number of rotatable bonds is 6. The fourth-order valence-electron chi connectivity index (χ4n) is 1.81. The zero-order valence-electron chi connectivity index (χ0n) is 12.9. The van der Waals surface area contributed by atoms with Gasteiger partial charge in [-0.1, -0.05) is 11.8 Å². The van der Waals surface area contributed by atoms with Crippen LogP contribution in [-0.2, 0) is 9.53 Å². The third-order valence-electron chi connectivity index (χ3n) is 2.86. The third-order valence-corrected chi connectivity index (χ3v) is 2.86. The zero-order valence-corrected chi connectivity index (χ0v) is 12.9. The average Bonchev–Trinajstić information content (AvgIpc) is 2.52. The number of amides is 1. The van der Waals surface area contributed by atoms with Crippen LogP contribution in [0, 0.1) is 11.8 Å². The highest BCUT2D eigenvalue weighted by Gasteiger charge is 2.12. The van der Waals surface area contributed by atoms with Gasteiger partial charge in [0.05, 0.1) is 19.2 Å². The second-order valence-electron chi connectivity index (χ2n) is 4.51. The summed E-state index contributed by atoms with van der Waals surface area (Å²) in [6.07, 6.45) is 1.17. The largest absolute Gasteiger partial charge is 0.465 e.